The van der Waals surface area contributed by atoms with E-state index in [1.165, 1.54) is 14.0 Å². The molecule has 12 heteroatoms. The van der Waals surface area contributed by atoms with Crippen molar-refractivity contribution < 1.29 is 26.4 Å². The summed E-state index contributed by atoms with van der Waals surface area (Å²) in [5.41, 5.74) is 1.62. The molecule has 3 aromatic rings. The molecule has 0 unspecified atom stereocenters. The van der Waals surface area contributed by atoms with Crippen LogP contribution in [0.25, 0.3) is 0 Å². The van der Waals surface area contributed by atoms with E-state index in [-0.39, 0.29) is 18.3 Å². The fraction of sp³-hybridized carbons (Fsp3) is 0.261. The van der Waals surface area contributed by atoms with Crippen LogP contribution in [0.1, 0.15) is 34.0 Å². The minimum absolute atomic E-state index is 0.0443. The van der Waals surface area contributed by atoms with Gasteiger partial charge in [0.25, 0.3) is 0 Å². The summed E-state index contributed by atoms with van der Waals surface area (Å²) >= 11 is 0. The van der Waals surface area contributed by atoms with Gasteiger partial charge in [-0.1, -0.05) is 12.1 Å². The highest BCUT2D eigenvalue weighted by Crippen LogP contribution is 2.34. The second-order valence-electron chi connectivity index (χ2n) is 7.92. The SMILES string of the molecule is CC(=O)c1ccc(Nc2ncc(C(F)(F)F)c(NCc3cccc(N(C)S(C)(=O)=O)c3)n2)c(C)c1. The Kier molecular flexibility index (Phi) is 7.34. The number of alkyl halides is 3. The first-order chi connectivity index (χ1) is 16.3. The molecule has 0 atom stereocenters. The van der Waals surface area contributed by atoms with E-state index < -0.39 is 27.6 Å². The lowest BCUT2D eigenvalue weighted by Gasteiger charge is -2.18. The predicted octanol–water partition coefficient (Wildman–Crippen LogP) is 4.76. The van der Waals surface area contributed by atoms with E-state index in [1.807, 2.05) is 0 Å². The molecule has 0 spiro atoms. The molecule has 1 heterocycles. The van der Waals surface area contributed by atoms with Gasteiger partial charge in [0.05, 0.1) is 11.9 Å². The third kappa shape index (κ3) is 6.47. The normalized spacial score (nSPS) is 11.7. The van der Waals surface area contributed by atoms with Crippen LogP contribution in [0.15, 0.2) is 48.7 Å². The molecule has 0 aliphatic heterocycles. The van der Waals surface area contributed by atoms with Crippen molar-refractivity contribution in [2.75, 3.05) is 28.2 Å². The Balaban J connectivity index is 1.87. The van der Waals surface area contributed by atoms with Crippen molar-refractivity contribution in [3.8, 4) is 0 Å². The van der Waals surface area contributed by atoms with E-state index in [2.05, 4.69) is 20.6 Å². The molecule has 0 aliphatic carbocycles. The standard InChI is InChI=1S/C23H24F3N5O3S/c1-14-10-17(15(2)32)8-9-20(14)29-22-28-13-19(23(24,25)26)21(30-22)27-12-16-6-5-7-18(11-16)31(3)35(4,33)34/h5-11,13H,12H2,1-4H3,(H2,27,28,29,30). The van der Waals surface area contributed by atoms with E-state index in [1.54, 1.807) is 49.4 Å². The molecular formula is C23H24F3N5O3S. The molecule has 1 aromatic heterocycles. The number of benzene rings is 2. The van der Waals surface area contributed by atoms with Crippen LogP contribution in [0.5, 0.6) is 0 Å². The third-order valence-electron chi connectivity index (χ3n) is 5.21. The lowest BCUT2D eigenvalue weighted by molar-refractivity contribution is -0.137. The number of carbonyl (C=O) groups is 1. The van der Waals surface area contributed by atoms with Gasteiger partial charge in [-0.2, -0.15) is 18.2 Å². The smallest absolute Gasteiger partial charge is 0.365 e. The maximum Gasteiger partial charge on any atom is 0.421 e. The molecular weight excluding hydrogens is 483 g/mol. The Hall–Kier alpha value is -3.67. The van der Waals surface area contributed by atoms with E-state index in [9.17, 15) is 26.4 Å². The van der Waals surface area contributed by atoms with Gasteiger partial charge < -0.3 is 10.6 Å². The molecule has 35 heavy (non-hydrogen) atoms. The monoisotopic (exact) mass is 507 g/mol. The maximum atomic E-state index is 13.6. The second-order valence-corrected chi connectivity index (χ2v) is 9.93. The number of aryl methyl sites for hydroxylation is 1. The number of nitrogens with one attached hydrogen (secondary N) is 2. The Morgan fingerprint density at radius 3 is 2.46 bits per heavy atom. The van der Waals surface area contributed by atoms with E-state index in [0.29, 0.717) is 34.3 Å². The van der Waals surface area contributed by atoms with Crippen LogP contribution in [0.2, 0.25) is 0 Å². The van der Waals surface area contributed by atoms with Crippen LogP contribution in [-0.4, -0.2) is 37.5 Å². The third-order valence-corrected chi connectivity index (χ3v) is 6.41. The largest absolute Gasteiger partial charge is 0.421 e. The maximum absolute atomic E-state index is 13.6. The number of Topliss-reactive ketones (excluding diaryl/α,β-unsaturated/α-hetero) is 1. The molecule has 0 aliphatic rings. The van der Waals surface area contributed by atoms with Gasteiger partial charge in [-0.15, -0.1) is 0 Å². The summed E-state index contributed by atoms with van der Waals surface area (Å²) < 4.78 is 65.4. The van der Waals surface area contributed by atoms with Crippen molar-refractivity contribution >= 4 is 38.9 Å². The zero-order chi connectivity index (χ0) is 26.0. The highest BCUT2D eigenvalue weighted by atomic mass is 32.2. The van der Waals surface area contributed by atoms with Gasteiger partial charge in [0, 0.05) is 31.0 Å². The Bertz CT molecular complexity index is 1360. The average molecular weight is 508 g/mol. The van der Waals surface area contributed by atoms with Gasteiger partial charge >= 0.3 is 6.18 Å². The molecule has 3 rings (SSSR count). The molecule has 0 saturated carbocycles. The number of ketones is 1. The summed E-state index contributed by atoms with van der Waals surface area (Å²) in [7, 11) is -2.11. The van der Waals surface area contributed by atoms with E-state index >= 15 is 0 Å². The molecule has 0 amide bonds. The summed E-state index contributed by atoms with van der Waals surface area (Å²) in [6.07, 6.45) is -2.96. The number of sulfonamides is 1. The number of anilines is 4. The van der Waals surface area contributed by atoms with Crippen molar-refractivity contribution in [1.82, 2.24) is 9.97 Å². The average Bonchev–Trinajstić information content (AvgIpc) is 2.77. The van der Waals surface area contributed by atoms with Crippen molar-refractivity contribution in [2.24, 2.45) is 0 Å². The van der Waals surface area contributed by atoms with Crippen LogP contribution in [0.4, 0.5) is 36.3 Å². The molecule has 186 valence electrons. The number of aromatic nitrogens is 2. The van der Waals surface area contributed by atoms with E-state index in [0.717, 1.165) is 10.6 Å². The van der Waals surface area contributed by atoms with Crippen molar-refractivity contribution in [1.29, 1.82) is 0 Å². The predicted molar refractivity (Wildman–Crippen MR) is 129 cm³/mol. The molecule has 0 saturated heterocycles. The molecule has 8 nitrogen and oxygen atoms in total. The second kappa shape index (κ2) is 9.90. The summed E-state index contributed by atoms with van der Waals surface area (Å²) in [5, 5.41) is 5.56. The molecule has 2 aromatic carbocycles. The summed E-state index contributed by atoms with van der Waals surface area (Å²) in [5.74, 6) is -0.608. The van der Waals surface area contributed by atoms with Gasteiger partial charge in [0.2, 0.25) is 16.0 Å². The van der Waals surface area contributed by atoms with E-state index in [4.69, 9.17) is 0 Å². The Morgan fingerprint density at radius 1 is 1.14 bits per heavy atom. The fourth-order valence-electron chi connectivity index (χ4n) is 3.17. The number of carbonyl (C=O) groups excluding carboxylic acids is 1. The summed E-state index contributed by atoms with van der Waals surface area (Å²) in [4.78, 5) is 19.4. The first kappa shape index (κ1) is 25.9. The number of hydrogen-bond acceptors (Lipinski definition) is 7. The van der Waals surface area contributed by atoms with Crippen LogP contribution in [-0.2, 0) is 22.7 Å². The number of halogens is 3. The van der Waals surface area contributed by atoms with Crippen LogP contribution in [0.3, 0.4) is 0 Å². The van der Waals surface area contributed by atoms with Gasteiger partial charge in [0.15, 0.2) is 5.78 Å². The topological polar surface area (TPSA) is 104 Å². The molecule has 0 fully saturated rings. The van der Waals surface area contributed by atoms with Crippen molar-refractivity contribution in [3.63, 3.8) is 0 Å². The zero-order valence-electron chi connectivity index (χ0n) is 19.4. The number of nitrogens with zero attached hydrogens (tertiary/aromatic N) is 3. The van der Waals surface area contributed by atoms with Crippen LogP contribution < -0.4 is 14.9 Å². The Labute approximate surface area is 201 Å². The zero-order valence-corrected chi connectivity index (χ0v) is 20.3. The van der Waals surface area contributed by atoms with Crippen molar-refractivity contribution in [2.45, 2.75) is 26.6 Å². The highest BCUT2D eigenvalue weighted by Gasteiger charge is 2.35. The van der Waals surface area contributed by atoms with Gasteiger partial charge in [-0.3, -0.25) is 9.10 Å². The van der Waals surface area contributed by atoms with Crippen LogP contribution >= 0.6 is 0 Å². The van der Waals surface area contributed by atoms with Gasteiger partial charge in [0.1, 0.15) is 11.4 Å². The fourth-order valence-corrected chi connectivity index (χ4v) is 3.66. The molecule has 0 radical (unpaired) electrons. The Morgan fingerprint density at radius 2 is 1.86 bits per heavy atom. The minimum Gasteiger partial charge on any atom is -0.365 e. The summed E-state index contributed by atoms with van der Waals surface area (Å²) in [6.45, 7) is 3.14. The van der Waals surface area contributed by atoms with Crippen LogP contribution in [0, 0.1) is 6.92 Å². The lowest BCUT2D eigenvalue weighted by Crippen LogP contribution is -2.24. The molecule has 0 bridgehead atoms. The van der Waals surface area contributed by atoms with Crippen molar-refractivity contribution in [3.05, 3.63) is 70.9 Å². The summed E-state index contributed by atoms with van der Waals surface area (Å²) in [6, 6.07) is 11.3. The molecule has 2 N–H and O–H groups in total. The highest BCUT2D eigenvalue weighted by molar-refractivity contribution is 7.92. The first-order valence-electron chi connectivity index (χ1n) is 10.4. The first-order valence-corrected chi connectivity index (χ1v) is 12.2. The minimum atomic E-state index is -4.70. The quantitative estimate of drug-likeness (QED) is 0.424. The van der Waals surface area contributed by atoms with Gasteiger partial charge in [-0.05, 0) is 55.3 Å². The number of hydrogen-bond donors (Lipinski definition) is 2. The number of rotatable bonds is 8. The van der Waals surface area contributed by atoms with Gasteiger partial charge in [-0.25, -0.2) is 13.4 Å². The lowest BCUT2D eigenvalue weighted by atomic mass is 10.1.